The number of anilines is 1. The quantitative estimate of drug-likeness (QED) is 0.465. The highest BCUT2D eigenvalue weighted by Crippen LogP contribution is 2.29. The molecule has 0 saturated heterocycles. The van der Waals surface area contributed by atoms with Crippen molar-refractivity contribution in [2.24, 2.45) is 11.8 Å². The number of hydrogen-bond donors (Lipinski definition) is 4. The highest BCUT2D eigenvalue weighted by molar-refractivity contribution is 7.80. The lowest BCUT2D eigenvalue weighted by molar-refractivity contribution is 0.0943. The van der Waals surface area contributed by atoms with Gasteiger partial charge in [-0.3, -0.25) is 21.0 Å². The zero-order valence-corrected chi connectivity index (χ0v) is 16.8. The van der Waals surface area contributed by atoms with Crippen LogP contribution >= 0.6 is 12.2 Å². The Kier molecular flexibility index (Phi) is 7.84. The van der Waals surface area contributed by atoms with E-state index in [1.54, 1.807) is 31.2 Å². The summed E-state index contributed by atoms with van der Waals surface area (Å²) in [7, 11) is 0. The first kappa shape index (κ1) is 21.0. The Morgan fingerprint density at radius 2 is 2.00 bits per heavy atom. The highest BCUT2D eigenvalue weighted by atomic mass is 32.1. The van der Waals surface area contributed by atoms with E-state index in [1.807, 2.05) is 0 Å². The molecule has 8 heteroatoms. The third kappa shape index (κ3) is 6.39. The Balaban J connectivity index is 1.84. The zero-order chi connectivity index (χ0) is 19.8. The predicted octanol–water partition coefficient (Wildman–Crippen LogP) is 3.19. The van der Waals surface area contributed by atoms with Crippen molar-refractivity contribution in [3.05, 3.63) is 29.8 Å². The van der Waals surface area contributed by atoms with Crippen molar-refractivity contribution in [2.45, 2.75) is 46.1 Å². The van der Waals surface area contributed by atoms with Gasteiger partial charge in [-0.05, 0) is 55.6 Å². The van der Waals surface area contributed by atoms with Gasteiger partial charge in [-0.25, -0.2) is 4.79 Å². The van der Waals surface area contributed by atoms with Gasteiger partial charge >= 0.3 is 6.09 Å². The summed E-state index contributed by atoms with van der Waals surface area (Å²) in [6.45, 7) is 6.48. The Morgan fingerprint density at radius 1 is 1.22 bits per heavy atom. The lowest BCUT2D eigenvalue weighted by Crippen LogP contribution is -2.52. The van der Waals surface area contributed by atoms with Gasteiger partial charge in [0.2, 0.25) is 0 Å². The second-order valence-electron chi connectivity index (χ2n) is 6.85. The molecule has 4 N–H and O–H groups in total. The molecule has 0 bridgehead atoms. The SMILES string of the molecule is CCOC(=O)Nc1cccc(C(=O)NNC(=S)N[C@H]2CCC[C@@H](C)[C@@H]2C)c1. The summed E-state index contributed by atoms with van der Waals surface area (Å²) in [4.78, 5) is 23.8. The number of hydrazine groups is 1. The number of thiocarbonyl (C=S) groups is 1. The fraction of sp³-hybridized carbons (Fsp3) is 0.526. The number of benzene rings is 1. The number of rotatable bonds is 4. The third-order valence-electron chi connectivity index (χ3n) is 4.96. The van der Waals surface area contributed by atoms with Crippen LogP contribution in [0.3, 0.4) is 0 Å². The van der Waals surface area contributed by atoms with Crippen molar-refractivity contribution in [2.75, 3.05) is 11.9 Å². The normalized spacial score (nSPS) is 21.7. The summed E-state index contributed by atoms with van der Waals surface area (Å²) < 4.78 is 4.83. The molecule has 1 aromatic rings. The molecule has 3 atom stereocenters. The standard InChI is InChI=1S/C19H28N4O3S/c1-4-26-19(25)20-15-9-6-8-14(11-15)17(24)22-23-18(27)21-16-10-5-7-12(2)13(16)3/h6,8-9,11-13,16H,4-5,7,10H2,1-3H3,(H,20,25)(H,22,24)(H2,21,23,27)/t12-,13+,16+/m1/s1. The monoisotopic (exact) mass is 392 g/mol. The summed E-state index contributed by atoms with van der Waals surface area (Å²) in [5.41, 5.74) is 6.20. The van der Waals surface area contributed by atoms with E-state index < -0.39 is 6.09 Å². The van der Waals surface area contributed by atoms with E-state index in [1.165, 1.54) is 12.8 Å². The number of nitrogens with one attached hydrogen (secondary N) is 4. The fourth-order valence-corrected chi connectivity index (χ4v) is 3.40. The lowest BCUT2D eigenvalue weighted by Gasteiger charge is -2.35. The fourth-order valence-electron chi connectivity index (χ4n) is 3.20. The molecule has 0 heterocycles. The van der Waals surface area contributed by atoms with Gasteiger partial charge in [0.1, 0.15) is 0 Å². The van der Waals surface area contributed by atoms with E-state index in [2.05, 4.69) is 35.3 Å². The Labute approximate surface area is 165 Å². The molecule has 1 aromatic carbocycles. The van der Waals surface area contributed by atoms with E-state index in [4.69, 9.17) is 17.0 Å². The molecule has 148 valence electrons. The Bertz CT molecular complexity index is 683. The number of ether oxygens (including phenoxy) is 1. The third-order valence-corrected chi connectivity index (χ3v) is 5.18. The van der Waals surface area contributed by atoms with E-state index in [9.17, 15) is 9.59 Å². The molecule has 2 amide bonds. The molecule has 27 heavy (non-hydrogen) atoms. The molecule has 0 unspecified atom stereocenters. The topological polar surface area (TPSA) is 91.5 Å². The lowest BCUT2D eigenvalue weighted by atomic mass is 9.78. The van der Waals surface area contributed by atoms with Crippen LogP contribution in [0.1, 0.15) is 50.4 Å². The minimum Gasteiger partial charge on any atom is -0.450 e. The van der Waals surface area contributed by atoms with E-state index in [-0.39, 0.29) is 12.5 Å². The van der Waals surface area contributed by atoms with Crippen molar-refractivity contribution in [1.29, 1.82) is 0 Å². The molecular formula is C19H28N4O3S. The van der Waals surface area contributed by atoms with E-state index >= 15 is 0 Å². The van der Waals surface area contributed by atoms with Crippen molar-refractivity contribution in [3.63, 3.8) is 0 Å². The van der Waals surface area contributed by atoms with Gasteiger partial charge in [-0.2, -0.15) is 0 Å². The van der Waals surface area contributed by atoms with Crippen molar-refractivity contribution in [1.82, 2.24) is 16.2 Å². The first-order valence-corrected chi connectivity index (χ1v) is 9.72. The Hall–Kier alpha value is -2.35. The highest BCUT2D eigenvalue weighted by Gasteiger charge is 2.27. The Morgan fingerprint density at radius 3 is 2.74 bits per heavy atom. The second kappa shape index (κ2) is 10.1. The molecular weight excluding hydrogens is 364 g/mol. The van der Waals surface area contributed by atoms with Crippen LogP contribution in [0.15, 0.2) is 24.3 Å². The van der Waals surface area contributed by atoms with Gasteiger partial charge in [0.05, 0.1) is 6.61 Å². The number of hydrogen-bond acceptors (Lipinski definition) is 4. The molecule has 0 radical (unpaired) electrons. The van der Waals surface area contributed by atoms with E-state index in [0.29, 0.717) is 34.2 Å². The van der Waals surface area contributed by atoms with Crippen LogP contribution in [0.25, 0.3) is 0 Å². The van der Waals surface area contributed by atoms with Crippen molar-refractivity contribution >= 4 is 35.0 Å². The summed E-state index contributed by atoms with van der Waals surface area (Å²) >= 11 is 5.30. The van der Waals surface area contributed by atoms with Crippen LogP contribution < -0.4 is 21.5 Å². The van der Waals surface area contributed by atoms with Gasteiger partial charge < -0.3 is 10.1 Å². The number of carbonyl (C=O) groups is 2. The summed E-state index contributed by atoms with van der Waals surface area (Å²) in [6, 6.07) is 6.88. The van der Waals surface area contributed by atoms with Crippen LogP contribution in [-0.4, -0.2) is 29.8 Å². The van der Waals surface area contributed by atoms with Gasteiger partial charge in [0.25, 0.3) is 5.91 Å². The molecule has 2 rings (SSSR count). The zero-order valence-electron chi connectivity index (χ0n) is 16.0. The van der Waals surface area contributed by atoms with Crippen LogP contribution in [0.5, 0.6) is 0 Å². The van der Waals surface area contributed by atoms with Crippen LogP contribution in [-0.2, 0) is 4.74 Å². The van der Waals surface area contributed by atoms with Crippen LogP contribution in [0, 0.1) is 11.8 Å². The maximum absolute atomic E-state index is 12.3. The van der Waals surface area contributed by atoms with Crippen LogP contribution in [0.4, 0.5) is 10.5 Å². The molecule has 0 aromatic heterocycles. The first-order chi connectivity index (χ1) is 12.9. The molecule has 0 aliphatic heterocycles. The smallest absolute Gasteiger partial charge is 0.411 e. The molecule has 0 spiro atoms. The van der Waals surface area contributed by atoms with Crippen molar-refractivity contribution < 1.29 is 14.3 Å². The predicted molar refractivity (Wildman–Crippen MR) is 109 cm³/mol. The summed E-state index contributed by atoms with van der Waals surface area (Å²) in [5.74, 6) is 0.833. The van der Waals surface area contributed by atoms with Gasteiger partial charge in [0.15, 0.2) is 5.11 Å². The molecule has 7 nitrogen and oxygen atoms in total. The molecule has 1 aliphatic rings. The minimum absolute atomic E-state index is 0.277. The van der Waals surface area contributed by atoms with E-state index in [0.717, 1.165) is 6.42 Å². The maximum atomic E-state index is 12.3. The van der Waals surface area contributed by atoms with Crippen LogP contribution in [0.2, 0.25) is 0 Å². The number of amides is 2. The summed E-state index contributed by atoms with van der Waals surface area (Å²) in [6.07, 6.45) is 2.93. The summed E-state index contributed by atoms with van der Waals surface area (Å²) in [5, 5.41) is 6.25. The van der Waals surface area contributed by atoms with Gasteiger partial charge in [-0.1, -0.05) is 32.8 Å². The largest absolute Gasteiger partial charge is 0.450 e. The average molecular weight is 393 g/mol. The molecule has 1 aliphatic carbocycles. The first-order valence-electron chi connectivity index (χ1n) is 9.31. The van der Waals surface area contributed by atoms with Gasteiger partial charge in [0, 0.05) is 17.3 Å². The second-order valence-corrected chi connectivity index (χ2v) is 7.26. The minimum atomic E-state index is -0.561. The molecule has 1 fully saturated rings. The maximum Gasteiger partial charge on any atom is 0.411 e. The molecule has 1 saturated carbocycles. The van der Waals surface area contributed by atoms with Gasteiger partial charge in [-0.15, -0.1) is 0 Å². The number of carbonyl (C=O) groups excluding carboxylic acids is 2. The van der Waals surface area contributed by atoms with Crippen molar-refractivity contribution in [3.8, 4) is 0 Å². The average Bonchev–Trinajstić information content (AvgIpc) is 2.64.